The molecule has 1 heterocycles. The molecule has 1 aromatic carbocycles. The van der Waals surface area contributed by atoms with Crippen LogP contribution in [0.15, 0.2) is 23.1 Å². The SMILES string of the molecule is Nc1cc(F)cc(SCCC2CCCO2)c1. The number of nitrogens with two attached hydrogens (primary N) is 1. The van der Waals surface area contributed by atoms with Gasteiger partial charge >= 0.3 is 0 Å². The predicted octanol–water partition coefficient (Wildman–Crippen LogP) is 3.07. The van der Waals surface area contributed by atoms with Gasteiger partial charge in [-0.1, -0.05) is 0 Å². The Bertz CT molecular complexity index is 333. The molecular weight excluding hydrogens is 225 g/mol. The van der Waals surface area contributed by atoms with Crippen LogP contribution < -0.4 is 5.73 Å². The maximum Gasteiger partial charge on any atom is 0.126 e. The molecule has 1 atom stereocenters. The highest BCUT2D eigenvalue weighted by Gasteiger charge is 2.14. The third-order valence-electron chi connectivity index (χ3n) is 2.63. The van der Waals surface area contributed by atoms with Crippen LogP contribution in [0.25, 0.3) is 0 Å². The minimum atomic E-state index is -0.264. The molecular formula is C12H16FNOS. The normalized spacial score (nSPS) is 20.2. The zero-order valence-electron chi connectivity index (χ0n) is 9.12. The molecule has 1 aliphatic heterocycles. The van der Waals surface area contributed by atoms with E-state index in [2.05, 4.69) is 0 Å². The van der Waals surface area contributed by atoms with Gasteiger partial charge in [-0.3, -0.25) is 0 Å². The Balaban J connectivity index is 1.80. The van der Waals surface area contributed by atoms with Crippen LogP contribution in [0.4, 0.5) is 10.1 Å². The van der Waals surface area contributed by atoms with Gasteiger partial charge in [-0.05, 0) is 37.5 Å². The zero-order valence-corrected chi connectivity index (χ0v) is 9.93. The van der Waals surface area contributed by atoms with E-state index in [1.807, 2.05) is 6.07 Å². The van der Waals surface area contributed by atoms with Crippen LogP contribution >= 0.6 is 11.8 Å². The first-order chi connectivity index (χ1) is 7.74. The van der Waals surface area contributed by atoms with Crippen LogP contribution in [0, 0.1) is 5.82 Å². The predicted molar refractivity (Wildman–Crippen MR) is 65.1 cm³/mol. The number of nitrogen functional groups attached to an aromatic ring is 1. The second-order valence-corrected chi connectivity index (χ2v) is 5.16. The van der Waals surface area contributed by atoms with E-state index in [1.54, 1.807) is 11.8 Å². The standard InChI is InChI=1S/C12H16FNOS/c13-9-6-10(14)8-12(7-9)16-5-3-11-2-1-4-15-11/h6-8,11H,1-5,14H2. The number of hydrogen-bond donors (Lipinski definition) is 1. The summed E-state index contributed by atoms with van der Waals surface area (Å²) >= 11 is 1.64. The van der Waals surface area contributed by atoms with E-state index < -0.39 is 0 Å². The Labute approximate surface area is 99.4 Å². The van der Waals surface area contributed by atoms with Gasteiger partial charge in [0.05, 0.1) is 6.10 Å². The van der Waals surface area contributed by atoms with Crippen molar-refractivity contribution in [3.8, 4) is 0 Å². The first kappa shape index (κ1) is 11.7. The minimum absolute atomic E-state index is 0.264. The summed E-state index contributed by atoms with van der Waals surface area (Å²) in [6, 6.07) is 4.67. The van der Waals surface area contributed by atoms with Gasteiger partial charge in [-0.25, -0.2) is 4.39 Å². The molecule has 16 heavy (non-hydrogen) atoms. The van der Waals surface area contributed by atoms with Crippen LogP contribution in [0.5, 0.6) is 0 Å². The van der Waals surface area contributed by atoms with Crippen molar-refractivity contribution in [3.63, 3.8) is 0 Å². The van der Waals surface area contributed by atoms with Crippen molar-refractivity contribution < 1.29 is 9.13 Å². The van der Waals surface area contributed by atoms with Gasteiger partial charge in [0, 0.05) is 22.9 Å². The number of rotatable bonds is 4. The van der Waals surface area contributed by atoms with E-state index in [1.165, 1.54) is 18.6 Å². The smallest absolute Gasteiger partial charge is 0.126 e. The number of ether oxygens (including phenoxy) is 1. The summed E-state index contributed by atoms with van der Waals surface area (Å²) in [5.74, 6) is 0.688. The number of hydrogen-bond acceptors (Lipinski definition) is 3. The van der Waals surface area contributed by atoms with Gasteiger partial charge in [0.1, 0.15) is 5.82 Å². The fraction of sp³-hybridized carbons (Fsp3) is 0.500. The van der Waals surface area contributed by atoms with Crippen LogP contribution in [0.3, 0.4) is 0 Å². The molecule has 0 spiro atoms. The van der Waals surface area contributed by atoms with Gasteiger partial charge in [0.25, 0.3) is 0 Å². The topological polar surface area (TPSA) is 35.2 Å². The largest absolute Gasteiger partial charge is 0.399 e. The lowest BCUT2D eigenvalue weighted by molar-refractivity contribution is 0.109. The number of halogens is 1. The van der Waals surface area contributed by atoms with Gasteiger partial charge in [-0.2, -0.15) is 0 Å². The summed E-state index contributed by atoms with van der Waals surface area (Å²) in [4.78, 5) is 0.899. The van der Waals surface area contributed by atoms with Crippen LogP contribution in [-0.4, -0.2) is 18.5 Å². The van der Waals surface area contributed by atoms with Gasteiger partial charge in [0.15, 0.2) is 0 Å². The quantitative estimate of drug-likeness (QED) is 0.650. The molecule has 2 nitrogen and oxygen atoms in total. The molecule has 0 aromatic heterocycles. The van der Waals surface area contributed by atoms with Crippen molar-refractivity contribution in [2.75, 3.05) is 18.1 Å². The fourth-order valence-electron chi connectivity index (χ4n) is 1.85. The van der Waals surface area contributed by atoms with Crippen molar-refractivity contribution in [2.24, 2.45) is 0 Å². The van der Waals surface area contributed by atoms with Gasteiger partial charge < -0.3 is 10.5 Å². The first-order valence-corrected chi connectivity index (χ1v) is 6.53. The second-order valence-electron chi connectivity index (χ2n) is 3.99. The van der Waals surface area contributed by atoms with E-state index in [0.29, 0.717) is 11.8 Å². The van der Waals surface area contributed by atoms with Crippen molar-refractivity contribution in [3.05, 3.63) is 24.0 Å². The van der Waals surface area contributed by atoms with Gasteiger partial charge in [0.2, 0.25) is 0 Å². The molecule has 88 valence electrons. The van der Waals surface area contributed by atoms with Crippen LogP contribution in [0.2, 0.25) is 0 Å². The maximum absolute atomic E-state index is 13.0. The van der Waals surface area contributed by atoms with Crippen molar-refractivity contribution in [1.29, 1.82) is 0 Å². The number of anilines is 1. The Hall–Kier alpha value is -0.740. The number of thioether (sulfide) groups is 1. The third-order valence-corrected chi connectivity index (χ3v) is 3.64. The Morgan fingerprint density at radius 1 is 1.44 bits per heavy atom. The van der Waals surface area contributed by atoms with E-state index in [9.17, 15) is 4.39 Å². The Morgan fingerprint density at radius 3 is 3.00 bits per heavy atom. The van der Waals surface area contributed by atoms with Crippen molar-refractivity contribution >= 4 is 17.4 Å². The van der Waals surface area contributed by atoms with Crippen molar-refractivity contribution in [2.45, 2.75) is 30.3 Å². The highest BCUT2D eigenvalue weighted by Crippen LogP contribution is 2.25. The van der Waals surface area contributed by atoms with Crippen LogP contribution in [-0.2, 0) is 4.74 Å². The molecule has 1 saturated heterocycles. The lowest BCUT2D eigenvalue weighted by Crippen LogP contribution is -2.05. The molecule has 0 bridgehead atoms. The number of benzene rings is 1. The average molecular weight is 241 g/mol. The molecule has 2 rings (SSSR count). The Kier molecular flexibility index (Phi) is 4.07. The molecule has 4 heteroatoms. The highest BCUT2D eigenvalue weighted by atomic mass is 32.2. The third kappa shape index (κ3) is 3.39. The summed E-state index contributed by atoms with van der Waals surface area (Å²) in [6.07, 6.45) is 3.76. The summed E-state index contributed by atoms with van der Waals surface area (Å²) < 4.78 is 18.6. The summed E-state index contributed by atoms with van der Waals surface area (Å²) in [6.45, 7) is 0.891. The molecule has 0 aliphatic carbocycles. The minimum Gasteiger partial charge on any atom is -0.399 e. The van der Waals surface area contributed by atoms with E-state index >= 15 is 0 Å². The molecule has 1 unspecified atom stereocenters. The lowest BCUT2D eigenvalue weighted by atomic mass is 10.2. The highest BCUT2D eigenvalue weighted by molar-refractivity contribution is 7.99. The van der Waals surface area contributed by atoms with Crippen molar-refractivity contribution in [1.82, 2.24) is 0 Å². The molecule has 1 fully saturated rings. The molecule has 1 aliphatic rings. The van der Waals surface area contributed by atoms with E-state index in [0.717, 1.165) is 30.1 Å². The molecule has 1 aromatic rings. The first-order valence-electron chi connectivity index (χ1n) is 5.54. The van der Waals surface area contributed by atoms with E-state index in [4.69, 9.17) is 10.5 Å². The molecule has 0 saturated carbocycles. The average Bonchev–Trinajstić information content (AvgIpc) is 2.69. The monoisotopic (exact) mass is 241 g/mol. The molecule has 0 radical (unpaired) electrons. The summed E-state index contributed by atoms with van der Waals surface area (Å²) in [5.41, 5.74) is 6.06. The summed E-state index contributed by atoms with van der Waals surface area (Å²) in [7, 11) is 0. The second kappa shape index (κ2) is 5.55. The molecule has 2 N–H and O–H groups in total. The molecule has 0 amide bonds. The fourth-order valence-corrected chi connectivity index (χ4v) is 2.88. The zero-order chi connectivity index (χ0) is 11.4. The summed E-state index contributed by atoms with van der Waals surface area (Å²) in [5, 5.41) is 0. The Morgan fingerprint density at radius 2 is 2.31 bits per heavy atom. The van der Waals surface area contributed by atoms with E-state index in [-0.39, 0.29) is 5.82 Å². The van der Waals surface area contributed by atoms with Crippen LogP contribution in [0.1, 0.15) is 19.3 Å². The van der Waals surface area contributed by atoms with Gasteiger partial charge in [-0.15, -0.1) is 11.8 Å². The maximum atomic E-state index is 13.0. The lowest BCUT2D eigenvalue weighted by Gasteiger charge is -2.08.